The number of amides is 1. The summed E-state index contributed by atoms with van der Waals surface area (Å²) in [6, 6.07) is 4.89. The summed E-state index contributed by atoms with van der Waals surface area (Å²) >= 11 is 5.94. The second-order valence-corrected chi connectivity index (χ2v) is 6.53. The smallest absolute Gasteiger partial charge is 0.290 e. The number of ether oxygens (including phenoxy) is 1. The molecule has 1 unspecified atom stereocenters. The number of hydrogen-bond donors (Lipinski definition) is 2. The Labute approximate surface area is 168 Å². The number of rotatable bonds is 2. The van der Waals surface area contributed by atoms with Crippen molar-refractivity contribution < 1.29 is 19.4 Å². The Morgan fingerprint density at radius 1 is 1.45 bits per heavy atom. The molecule has 12 heteroatoms. The number of carbonyl (C=O) groups excluding carboxylic acids is 1. The number of aryl methyl sites for hydroxylation is 1. The molecule has 4 rings (SSSR count). The minimum Gasteiger partial charge on any atom is -0.483 e. The zero-order chi connectivity index (χ0) is 21.0. The summed E-state index contributed by atoms with van der Waals surface area (Å²) in [4.78, 5) is 38.5. The lowest BCUT2D eigenvalue weighted by molar-refractivity contribution is -0.122. The molecule has 11 nitrogen and oxygen atoms in total. The lowest BCUT2D eigenvalue weighted by atomic mass is 10.1. The van der Waals surface area contributed by atoms with Crippen molar-refractivity contribution in [3.05, 3.63) is 51.0 Å². The highest BCUT2D eigenvalue weighted by Crippen LogP contribution is 2.21. The van der Waals surface area contributed by atoms with Crippen LogP contribution < -0.4 is 5.43 Å². The molecule has 0 spiro atoms. The van der Waals surface area contributed by atoms with Crippen LogP contribution in [0.4, 0.5) is 0 Å². The highest BCUT2D eigenvalue weighted by atomic mass is 35.5. The van der Waals surface area contributed by atoms with E-state index in [-0.39, 0.29) is 29.9 Å². The summed E-state index contributed by atoms with van der Waals surface area (Å²) < 4.78 is 7.18. The molecule has 1 atom stereocenters. The third-order valence-corrected chi connectivity index (χ3v) is 4.60. The van der Waals surface area contributed by atoms with Crippen LogP contribution >= 0.6 is 11.6 Å². The van der Waals surface area contributed by atoms with Crippen molar-refractivity contribution in [3.8, 4) is 0 Å². The van der Waals surface area contributed by atoms with Crippen LogP contribution in [0, 0.1) is 0 Å². The van der Waals surface area contributed by atoms with Crippen molar-refractivity contribution in [1.29, 1.82) is 0 Å². The minimum absolute atomic E-state index is 0.0802. The third kappa shape index (κ3) is 4.25. The molecule has 3 aromatic rings. The van der Waals surface area contributed by atoms with Crippen LogP contribution in [0.2, 0.25) is 5.02 Å². The van der Waals surface area contributed by atoms with Crippen LogP contribution in [0.25, 0.3) is 10.9 Å². The Bertz CT molecular complexity index is 1100. The van der Waals surface area contributed by atoms with E-state index in [9.17, 15) is 9.59 Å². The molecule has 1 fully saturated rings. The fourth-order valence-electron chi connectivity index (χ4n) is 3.02. The largest absolute Gasteiger partial charge is 0.483 e. The first kappa shape index (κ1) is 20.4. The van der Waals surface area contributed by atoms with Crippen LogP contribution in [0.3, 0.4) is 0 Å². The van der Waals surface area contributed by atoms with E-state index >= 15 is 0 Å². The van der Waals surface area contributed by atoms with Crippen LogP contribution in [-0.4, -0.2) is 67.3 Å². The van der Waals surface area contributed by atoms with Crippen molar-refractivity contribution in [2.24, 2.45) is 7.05 Å². The fourth-order valence-corrected chi connectivity index (χ4v) is 3.19. The van der Waals surface area contributed by atoms with Crippen LogP contribution in [0.1, 0.15) is 22.3 Å². The first-order valence-corrected chi connectivity index (χ1v) is 8.86. The van der Waals surface area contributed by atoms with E-state index in [1.165, 1.54) is 10.9 Å². The molecule has 1 amide bonds. The Morgan fingerprint density at radius 3 is 2.90 bits per heavy atom. The molecule has 2 aromatic heterocycles. The second kappa shape index (κ2) is 8.80. The average molecular weight is 421 g/mol. The molecule has 29 heavy (non-hydrogen) atoms. The van der Waals surface area contributed by atoms with Crippen LogP contribution in [-0.2, 0) is 16.6 Å². The van der Waals surface area contributed by atoms with Gasteiger partial charge in [0.2, 0.25) is 5.43 Å². The number of halogens is 1. The molecule has 0 saturated carbocycles. The third-order valence-electron chi connectivity index (χ3n) is 4.37. The summed E-state index contributed by atoms with van der Waals surface area (Å²) in [6.45, 7) is 0.744. The predicted octanol–water partition coefficient (Wildman–Crippen LogP) is 0.619. The number of morpholine rings is 1. The topological polar surface area (TPSA) is 143 Å². The van der Waals surface area contributed by atoms with Crippen molar-refractivity contribution in [3.63, 3.8) is 0 Å². The van der Waals surface area contributed by atoms with Crippen molar-refractivity contribution in [2.75, 3.05) is 19.7 Å². The summed E-state index contributed by atoms with van der Waals surface area (Å²) in [6.07, 6.45) is 0.989. The maximum absolute atomic E-state index is 12.9. The van der Waals surface area contributed by atoms with Gasteiger partial charge < -0.3 is 19.7 Å². The SMILES string of the molecule is Cn1nnnc1C1CN(C(=O)c2c[nH]c3cc(Cl)ccc3c2=O)CCO1.O=CO. The molecule has 0 bridgehead atoms. The molecule has 1 aliphatic heterocycles. The monoisotopic (exact) mass is 420 g/mol. The van der Waals surface area contributed by atoms with Gasteiger partial charge in [0.25, 0.3) is 12.4 Å². The highest BCUT2D eigenvalue weighted by molar-refractivity contribution is 6.31. The normalized spacial score (nSPS) is 16.2. The van der Waals surface area contributed by atoms with Crippen LogP contribution in [0.15, 0.2) is 29.2 Å². The summed E-state index contributed by atoms with van der Waals surface area (Å²) in [5.74, 6) is 0.177. The number of pyridine rings is 1. The first-order valence-electron chi connectivity index (χ1n) is 8.48. The maximum atomic E-state index is 12.9. The Morgan fingerprint density at radius 2 is 2.21 bits per heavy atom. The molecule has 0 radical (unpaired) electrons. The average Bonchev–Trinajstić information content (AvgIpc) is 3.14. The number of tetrazole rings is 1. The van der Waals surface area contributed by atoms with Gasteiger partial charge in [0.15, 0.2) is 5.82 Å². The maximum Gasteiger partial charge on any atom is 0.290 e. The molecule has 0 aliphatic carbocycles. The number of hydrogen-bond acceptors (Lipinski definition) is 7. The zero-order valence-electron chi connectivity index (χ0n) is 15.3. The van der Waals surface area contributed by atoms with E-state index in [0.29, 0.717) is 34.9 Å². The minimum atomic E-state index is -0.439. The van der Waals surface area contributed by atoms with E-state index in [1.54, 1.807) is 30.1 Å². The number of nitrogens with zero attached hydrogens (tertiary/aromatic N) is 5. The molecular formula is C17H17ClN6O5. The standard InChI is InChI=1S/C16H15ClN6O3.CH2O2/c1-22-15(19-20-21-22)13-8-23(4-5-26-13)16(25)11-7-18-12-6-9(17)2-3-10(12)14(11)24;2-1-3/h2-3,6-7,13H,4-5,8H2,1H3,(H,18,24);1H,(H,2,3). The van der Waals surface area contributed by atoms with E-state index < -0.39 is 6.10 Å². The van der Waals surface area contributed by atoms with Gasteiger partial charge in [-0.15, -0.1) is 5.10 Å². The van der Waals surface area contributed by atoms with Gasteiger partial charge >= 0.3 is 0 Å². The van der Waals surface area contributed by atoms with E-state index in [2.05, 4.69) is 20.5 Å². The molecule has 152 valence electrons. The number of H-pyrrole nitrogens is 1. The number of fused-ring (bicyclic) bond motifs is 1. The van der Waals surface area contributed by atoms with Crippen LogP contribution in [0.5, 0.6) is 0 Å². The lowest BCUT2D eigenvalue weighted by Gasteiger charge is -2.32. The summed E-state index contributed by atoms with van der Waals surface area (Å²) in [7, 11) is 1.71. The fraction of sp³-hybridized carbons (Fsp3) is 0.294. The van der Waals surface area contributed by atoms with Gasteiger partial charge in [-0.1, -0.05) is 11.6 Å². The molecule has 3 heterocycles. The Hall–Kier alpha value is -3.31. The van der Waals surface area contributed by atoms with E-state index in [0.717, 1.165) is 0 Å². The first-order chi connectivity index (χ1) is 14.0. The van der Waals surface area contributed by atoms with Crippen molar-refractivity contribution in [2.45, 2.75) is 6.10 Å². The predicted molar refractivity (Wildman–Crippen MR) is 102 cm³/mol. The van der Waals surface area contributed by atoms with Gasteiger partial charge in [-0.05, 0) is 28.6 Å². The van der Waals surface area contributed by atoms with Gasteiger partial charge in [0, 0.05) is 30.2 Å². The van der Waals surface area contributed by atoms with Gasteiger partial charge in [-0.25, -0.2) is 4.68 Å². The molecule has 1 aliphatic rings. The highest BCUT2D eigenvalue weighted by Gasteiger charge is 2.30. The second-order valence-electron chi connectivity index (χ2n) is 6.10. The van der Waals surface area contributed by atoms with E-state index in [4.69, 9.17) is 26.2 Å². The Kier molecular flexibility index (Phi) is 6.20. The number of aromatic amines is 1. The summed E-state index contributed by atoms with van der Waals surface area (Å²) in [5, 5.41) is 19.1. The van der Waals surface area contributed by atoms with Gasteiger partial charge in [-0.3, -0.25) is 14.4 Å². The molecule has 1 saturated heterocycles. The molecule has 1 aromatic carbocycles. The Balaban J connectivity index is 0.000000755. The lowest BCUT2D eigenvalue weighted by Crippen LogP contribution is -2.44. The number of carboxylic acid groups (broad SMARTS) is 1. The van der Waals surface area contributed by atoms with Crippen molar-refractivity contribution in [1.82, 2.24) is 30.1 Å². The zero-order valence-corrected chi connectivity index (χ0v) is 16.0. The number of aromatic nitrogens is 5. The van der Waals surface area contributed by atoms with Gasteiger partial charge in [0.05, 0.1) is 18.7 Å². The molecular weight excluding hydrogens is 404 g/mol. The molecule has 2 N–H and O–H groups in total. The number of nitrogens with one attached hydrogen (secondary N) is 1. The summed E-state index contributed by atoms with van der Waals surface area (Å²) in [5.41, 5.74) is 0.337. The van der Waals surface area contributed by atoms with Gasteiger partial charge in [0.1, 0.15) is 11.7 Å². The quantitative estimate of drug-likeness (QED) is 0.574. The van der Waals surface area contributed by atoms with Crippen molar-refractivity contribution >= 4 is 34.9 Å². The van der Waals surface area contributed by atoms with E-state index in [1.807, 2.05) is 0 Å². The number of benzene rings is 1. The number of carbonyl (C=O) groups is 2. The van der Waals surface area contributed by atoms with Gasteiger partial charge in [-0.2, -0.15) is 0 Å².